The van der Waals surface area contributed by atoms with Gasteiger partial charge in [-0.1, -0.05) is 37.3 Å². The fourth-order valence-corrected chi connectivity index (χ4v) is 2.58. The summed E-state index contributed by atoms with van der Waals surface area (Å²) in [6, 6.07) is 15.2. The second-order valence-electron chi connectivity index (χ2n) is 5.80. The highest BCUT2D eigenvalue weighted by Gasteiger charge is 2.22. The van der Waals surface area contributed by atoms with E-state index in [1.165, 1.54) is 0 Å². The van der Waals surface area contributed by atoms with Crippen molar-refractivity contribution in [1.82, 2.24) is 5.32 Å². The van der Waals surface area contributed by atoms with Crippen LogP contribution in [-0.2, 0) is 4.79 Å². The third-order valence-electron chi connectivity index (χ3n) is 3.90. The number of para-hydroxylation sites is 1. The van der Waals surface area contributed by atoms with Crippen molar-refractivity contribution in [3.8, 4) is 11.5 Å². The maximum absolute atomic E-state index is 12.6. The Kier molecular flexibility index (Phi) is 6.24. The van der Waals surface area contributed by atoms with Gasteiger partial charge in [-0.3, -0.25) is 4.79 Å². The van der Waals surface area contributed by atoms with Crippen LogP contribution in [0.1, 0.15) is 37.4 Å². The number of ether oxygens (including phenoxy) is 2. The molecule has 4 heteroatoms. The molecule has 0 saturated heterocycles. The highest BCUT2D eigenvalue weighted by molar-refractivity contribution is 5.81. The van der Waals surface area contributed by atoms with Gasteiger partial charge in [0, 0.05) is 5.56 Å². The number of rotatable bonds is 7. The highest BCUT2D eigenvalue weighted by Crippen LogP contribution is 2.24. The number of carbonyl (C=O) groups is 1. The van der Waals surface area contributed by atoms with Gasteiger partial charge in [0.1, 0.15) is 11.5 Å². The number of hydrogen-bond donors (Lipinski definition) is 1. The molecular weight excluding hydrogens is 302 g/mol. The Morgan fingerprint density at radius 2 is 1.92 bits per heavy atom. The van der Waals surface area contributed by atoms with Gasteiger partial charge in [-0.15, -0.1) is 0 Å². The van der Waals surface area contributed by atoms with Gasteiger partial charge < -0.3 is 14.8 Å². The molecule has 128 valence electrons. The average molecular weight is 327 g/mol. The average Bonchev–Trinajstić information content (AvgIpc) is 2.59. The van der Waals surface area contributed by atoms with Gasteiger partial charge >= 0.3 is 0 Å². The molecule has 0 heterocycles. The minimum absolute atomic E-state index is 0.127. The lowest BCUT2D eigenvalue weighted by Crippen LogP contribution is -2.39. The third kappa shape index (κ3) is 4.51. The first-order chi connectivity index (χ1) is 11.5. The van der Waals surface area contributed by atoms with Crippen LogP contribution in [0.5, 0.6) is 11.5 Å². The topological polar surface area (TPSA) is 47.6 Å². The van der Waals surface area contributed by atoms with Crippen LogP contribution in [0.25, 0.3) is 0 Å². The fraction of sp³-hybridized carbons (Fsp3) is 0.350. The zero-order chi connectivity index (χ0) is 17.5. The molecule has 1 N–H and O–H groups in total. The number of hydrogen-bond acceptors (Lipinski definition) is 3. The smallest absolute Gasteiger partial charge is 0.261 e. The normalized spacial score (nSPS) is 13.0. The van der Waals surface area contributed by atoms with E-state index in [4.69, 9.17) is 9.47 Å². The molecule has 1 amide bonds. The number of methoxy groups -OCH3 is 1. The standard InChI is InChI=1S/C20H25NO3/c1-5-18(24-16-10-8-9-14(2)13-16)20(22)21-15(3)17-11-6-7-12-19(17)23-4/h6-13,15,18H,5H2,1-4H3,(H,21,22)/t15-,18+/m0/s1. The summed E-state index contributed by atoms with van der Waals surface area (Å²) in [6.45, 7) is 5.88. The zero-order valence-electron chi connectivity index (χ0n) is 14.7. The summed E-state index contributed by atoms with van der Waals surface area (Å²) < 4.78 is 11.2. The van der Waals surface area contributed by atoms with E-state index in [9.17, 15) is 4.79 Å². The summed E-state index contributed by atoms with van der Waals surface area (Å²) in [7, 11) is 1.63. The third-order valence-corrected chi connectivity index (χ3v) is 3.90. The monoisotopic (exact) mass is 327 g/mol. The lowest BCUT2D eigenvalue weighted by molar-refractivity contribution is -0.128. The van der Waals surface area contributed by atoms with Crippen LogP contribution in [0, 0.1) is 6.92 Å². The first kappa shape index (κ1) is 17.9. The molecule has 0 aliphatic heterocycles. The second-order valence-corrected chi connectivity index (χ2v) is 5.80. The quantitative estimate of drug-likeness (QED) is 0.835. The highest BCUT2D eigenvalue weighted by atomic mass is 16.5. The molecule has 2 aromatic rings. The molecule has 0 unspecified atom stereocenters. The summed E-state index contributed by atoms with van der Waals surface area (Å²) in [4.78, 5) is 12.6. The van der Waals surface area contributed by atoms with Gasteiger partial charge in [0.25, 0.3) is 5.91 Å². The Balaban J connectivity index is 2.06. The van der Waals surface area contributed by atoms with E-state index in [1.807, 2.05) is 69.3 Å². The Bertz CT molecular complexity index is 684. The predicted octanol–water partition coefficient (Wildman–Crippen LogP) is 4.04. The van der Waals surface area contributed by atoms with Crippen LogP contribution in [0.3, 0.4) is 0 Å². The van der Waals surface area contributed by atoms with E-state index in [0.29, 0.717) is 12.2 Å². The van der Waals surface area contributed by atoms with Crippen molar-refractivity contribution in [1.29, 1.82) is 0 Å². The SMILES string of the molecule is CC[C@@H](Oc1cccc(C)c1)C(=O)N[C@@H](C)c1ccccc1OC. The number of aryl methyl sites for hydroxylation is 1. The molecule has 0 aliphatic carbocycles. The lowest BCUT2D eigenvalue weighted by Gasteiger charge is -2.22. The molecule has 0 spiro atoms. The summed E-state index contributed by atoms with van der Waals surface area (Å²) in [5, 5.41) is 3.01. The van der Waals surface area contributed by atoms with Gasteiger partial charge in [-0.05, 0) is 44.0 Å². The van der Waals surface area contributed by atoms with Gasteiger partial charge in [0.05, 0.1) is 13.2 Å². The van der Waals surface area contributed by atoms with Crippen molar-refractivity contribution in [3.05, 3.63) is 59.7 Å². The molecule has 0 bridgehead atoms. The van der Waals surface area contributed by atoms with Crippen molar-refractivity contribution in [2.45, 2.75) is 39.3 Å². The molecule has 0 aliphatic rings. The van der Waals surface area contributed by atoms with Crippen LogP contribution in [0.2, 0.25) is 0 Å². The Morgan fingerprint density at radius 3 is 2.58 bits per heavy atom. The van der Waals surface area contributed by atoms with E-state index in [2.05, 4.69) is 5.32 Å². The molecule has 2 rings (SSSR count). The lowest BCUT2D eigenvalue weighted by atomic mass is 10.1. The molecule has 0 saturated carbocycles. The summed E-state index contributed by atoms with van der Waals surface area (Å²) in [5.41, 5.74) is 2.05. The van der Waals surface area contributed by atoms with Crippen LogP contribution in [-0.4, -0.2) is 19.1 Å². The minimum atomic E-state index is -0.524. The fourth-order valence-electron chi connectivity index (χ4n) is 2.58. The van der Waals surface area contributed by atoms with Crippen LogP contribution < -0.4 is 14.8 Å². The van der Waals surface area contributed by atoms with Crippen molar-refractivity contribution < 1.29 is 14.3 Å². The largest absolute Gasteiger partial charge is 0.496 e. The van der Waals surface area contributed by atoms with Gasteiger partial charge in [0.15, 0.2) is 6.10 Å². The number of carbonyl (C=O) groups excluding carboxylic acids is 1. The first-order valence-corrected chi connectivity index (χ1v) is 8.21. The molecular formula is C20H25NO3. The maximum atomic E-state index is 12.6. The Hall–Kier alpha value is -2.49. The summed E-state index contributed by atoms with van der Waals surface area (Å²) in [5.74, 6) is 1.34. The molecule has 24 heavy (non-hydrogen) atoms. The van der Waals surface area contributed by atoms with Gasteiger partial charge in [-0.2, -0.15) is 0 Å². The van der Waals surface area contributed by atoms with Crippen LogP contribution in [0.4, 0.5) is 0 Å². The van der Waals surface area contributed by atoms with Crippen molar-refractivity contribution in [2.75, 3.05) is 7.11 Å². The van der Waals surface area contributed by atoms with Crippen molar-refractivity contribution in [3.63, 3.8) is 0 Å². The second kappa shape index (κ2) is 8.39. The van der Waals surface area contributed by atoms with E-state index in [0.717, 1.165) is 16.9 Å². The van der Waals surface area contributed by atoms with Gasteiger partial charge in [-0.25, -0.2) is 0 Å². The predicted molar refractivity (Wildman–Crippen MR) is 95.4 cm³/mol. The minimum Gasteiger partial charge on any atom is -0.496 e. The van der Waals surface area contributed by atoms with E-state index in [1.54, 1.807) is 7.11 Å². The summed E-state index contributed by atoms with van der Waals surface area (Å²) in [6.07, 6.45) is 0.0715. The molecule has 0 aromatic heterocycles. The Morgan fingerprint density at radius 1 is 1.17 bits per heavy atom. The maximum Gasteiger partial charge on any atom is 0.261 e. The molecule has 4 nitrogen and oxygen atoms in total. The Labute approximate surface area is 143 Å². The van der Waals surface area contributed by atoms with Crippen molar-refractivity contribution >= 4 is 5.91 Å². The van der Waals surface area contributed by atoms with Crippen LogP contribution >= 0.6 is 0 Å². The molecule has 0 fully saturated rings. The van der Waals surface area contributed by atoms with Crippen LogP contribution in [0.15, 0.2) is 48.5 Å². The molecule has 0 radical (unpaired) electrons. The molecule has 2 aromatic carbocycles. The number of amides is 1. The number of nitrogens with one attached hydrogen (secondary N) is 1. The van der Waals surface area contributed by atoms with Gasteiger partial charge in [0.2, 0.25) is 0 Å². The summed E-state index contributed by atoms with van der Waals surface area (Å²) >= 11 is 0. The van der Waals surface area contributed by atoms with E-state index >= 15 is 0 Å². The number of benzene rings is 2. The first-order valence-electron chi connectivity index (χ1n) is 8.21. The zero-order valence-corrected chi connectivity index (χ0v) is 14.7. The van der Waals surface area contributed by atoms with E-state index < -0.39 is 6.10 Å². The van der Waals surface area contributed by atoms with E-state index in [-0.39, 0.29) is 11.9 Å². The van der Waals surface area contributed by atoms with Crippen molar-refractivity contribution in [2.24, 2.45) is 0 Å². The molecule has 2 atom stereocenters.